The third-order valence-electron chi connectivity index (χ3n) is 2.52. The number of rotatable bonds is 6. The first-order valence-corrected chi connectivity index (χ1v) is 5.72. The van der Waals surface area contributed by atoms with Crippen LogP contribution in [0.1, 0.15) is 25.5 Å². The Kier molecular flexibility index (Phi) is 5.16. The van der Waals surface area contributed by atoms with Crippen LogP contribution < -0.4 is 10.6 Å². The fraction of sp³-hybridized carbons (Fsp3) is 0.545. The highest BCUT2D eigenvalue weighted by atomic mass is 16.4. The molecule has 1 aromatic heterocycles. The van der Waals surface area contributed by atoms with Gasteiger partial charge in [-0.1, -0.05) is 0 Å². The molecule has 1 heterocycles. The van der Waals surface area contributed by atoms with Crippen LogP contribution in [0.4, 0.5) is 4.79 Å². The first-order chi connectivity index (χ1) is 8.49. The van der Waals surface area contributed by atoms with Crippen molar-refractivity contribution in [1.29, 1.82) is 0 Å². The lowest BCUT2D eigenvalue weighted by Gasteiger charge is -2.13. The van der Waals surface area contributed by atoms with Crippen molar-refractivity contribution in [2.75, 3.05) is 0 Å². The highest BCUT2D eigenvalue weighted by molar-refractivity contribution is 5.74. The van der Waals surface area contributed by atoms with E-state index < -0.39 is 5.97 Å². The number of amides is 2. The van der Waals surface area contributed by atoms with E-state index in [1.54, 1.807) is 24.9 Å². The zero-order valence-electron chi connectivity index (χ0n) is 10.5. The molecule has 1 rings (SSSR count). The molecule has 0 aliphatic carbocycles. The summed E-state index contributed by atoms with van der Waals surface area (Å²) in [6.45, 7) is 2.15. The zero-order chi connectivity index (χ0) is 13.5. The number of carbonyl (C=O) groups excluding carboxylic acids is 1. The van der Waals surface area contributed by atoms with Crippen LogP contribution in [0.2, 0.25) is 0 Å². The summed E-state index contributed by atoms with van der Waals surface area (Å²) in [5, 5.41) is 17.9. The van der Waals surface area contributed by atoms with Gasteiger partial charge in [0.05, 0.1) is 12.2 Å². The normalized spacial score (nSPS) is 11.9. The van der Waals surface area contributed by atoms with Gasteiger partial charge >= 0.3 is 12.0 Å². The molecule has 1 unspecified atom stereocenters. The number of aliphatic carboxylic acids is 1. The summed E-state index contributed by atoms with van der Waals surface area (Å²) in [6.07, 6.45) is 2.11. The number of carbonyl (C=O) groups is 2. The number of hydrogen-bond acceptors (Lipinski definition) is 3. The summed E-state index contributed by atoms with van der Waals surface area (Å²) in [5.74, 6) is -0.862. The van der Waals surface area contributed by atoms with Crippen molar-refractivity contribution in [3.8, 4) is 0 Å². The summed E-state index contributed by atoms with van der Waals surface area (Å²) in [7, 11) is 1.80. The van der Waals surface area contributed by atoms with E-state index in [1.165, 1.54) is 0 Å². The van der Waals surface area contributed by atoms with Gasteiger partial charge in [0.2, 0.25) is 0 Å². The van der Waals surface area contributed by atoms with Gasteiger partial charge in [-0.15, -0.1) is 0 Å². The van der Waals surface area contributed by atoms with Gasteiger partial charge < -0.3 is 15.7 Å². The number of aryl methyl sites for hydroxylation is 1. The van der Waals surface area contributed by atoms with Gasteiger partial charge in [0.15, 0.2) is 0 Å². The molecule has 0 saturated carbocycles. The van der Waals surface area contributed by atoms with E-state index >= 15 is 0 Å². The second-order valence-corrected chi connectivity index (χ2v) is 4.11. The van der Waals surface area contributed by atoms with Crippen molar-refractivity contribution in [3.05, 3.63) is 18.0 Å². The quantitative estimate of drug-likeness (QED) is 0.687. The van der Waals surface area contributed by atoms with Crippen molar-refractivity contribution in [2.24, 2.45) is 7.05 Å². The van der Waals surface area contributed by atoms with Crippen molar-refractivity contribution in [1.82, 2.24) is 20.4 Å². The standard InChI is InChI=1S/C11H18N4O3/c1-8(3-4-10(16)17)14-11(18)12-7-9-5-6-13-15(9)2/h5-6,8H,3-4,7H2,1-2H3,(H,16,17)(H2,12,14,18). The predicted octanol–water partition coefficient (Wildman–Crippen LogP) is 0.473. The first kappa shape index (κ1) is 14.0. The SMILES string of the molecule is CC(CCC(=O)O)NC(=O)NCc1ccnn1C. The van der Waals surface area contributed by atoms with Crippen molar-refractivity contribution in [2.45, 2.75) is 32.4 Å². The fourth-order valence-corrected chi connectivity index (χ4v) is 1.43. The molecular formula is C11H18N4O3. The molecule has 0 aliphatic heterocycles. The lowest BCUT2D eigenvalue weighted by atomic mass is 10.2. The molecule has 7 heteroatoms. The van der Waals surface area contributed by atoms with Gasteiger partial charge in [-0.3, -0.25) is 9.48 Å². The molecule has 0 aliphatic rings. The average Bonchev–Trinajstić information content (AvgIpc) is 2.69. The Balaban J connectivity index is 2.25. The minimum absolute atomic E-state index is 0.0448. The van der Waals surface area contributed by atoms with Crippen molar-refractivity contribution < 1.29 is 14.7 Å². The molecule has 1 atom stereocenters. The summed E-state index contributed by atoms with van der Waals surface area (Å²) < 4.78 is 1.67. The summed E-state index contributed by atoms with van der Waals surface area (Å²) in [5.41, 5.74) is 0.892. The van der Waals surface area contributed by atoms with E-state index in [9.17, 15) is 9.59 Å². The van der Waals surface area contributed by atoms with Crippen LogP contribution in [0.25, 0.3) is 0 Å². The maximum Gasteiger partial charge on any atom is 0.315 e. The summed E-state index contributed by atoms with van der Waals surface area (Å²) >= 11 is 0. The van der Waals surface area contributed by atoms with Gasteiger partial charge in [0.25, 0.3) is 0 Å². The average molecular weight is 254 g/mol. The lowest BCUT2D eigenvalue weighted by Crippen LogP contribution is -2.40. The number of nitrogens with zero attached hydrogens (tertiary/aromatic N) is 2. The number of hydrogen-bond donors (Lipinski definition) is 3. The van der Waals surface area contributed by atoms with Gasteiger partial charge in [-0.2, -0.15) is 5.10 Å². The van der Waals surface area contributed by atoms with Gasteiger partial charge in [-0.25, -0.2) is 4.79 Å². The number of nitrogens with one attached hydrogen (secondary N) is 2. The minimum Gasteiger partial charge on any atom is -0.481 e. The highest BCUT2D eigenvalue weighted by Crippen LogP contribution is 1.97. The molecule has 2 amide bonds. The van der Waals surface area contributed by atoms with Gasteiger partial charge in [0.1, 0.15) is 0 Å². The van der Waals surface area contributed by atoms with E-state index in [0.29, 0.717) is 13.0 Å². The molecule has 0 aromatic carbocycles. The van der Waals surface area contributed by atoms with E-state index in [-0.39, 0.29) is 18.5 Å². The Bertz CT molecular complexity index is 416. The Morgan fingerprint density at radius 3 is 2.83 bits per heavy atom. The fourth-order valence-electron chi connectivity index (χ4n) is 1.43. The third-order valence-corrected chi connectivity index (χ3v) is 2.52. The second-order valence-electron chi connectivity index (χ2n) is 4.11. The van der Waals surface area contributed by atoms with Crippen molar-refractivity contribution in [3.63, 3.8) is 0 Å². The van der Waals surface area contributed by atoms with Gasteiger partial charge in [-0.05, 0) is 19.4 Å². The van der Waals surface area contributed by atoms with Crippen LogP contribution >= 0.6 is 0 Å². The smallest absolute Gasteiger partial charge is 0.315 e. The highest BCUT2D eigenvalue weighted by Gasteiger charge is 2.09. The predicted molar refractivity (Wildman–Crippen MR) is 64.9 cm³/mol. The van der Waals surface area contributed by atoms with Crippen LogP contribution in [-0.4, -0.2) is 32.9 Å². The van der Waals surface area contributed by atoms with E-state index in [0.717, 1.165) is 5.69 Å². The van der Waals surface area contributed by atoms with Crippen LogP contribution in [0.15, 0.2) is 12.3 Å². The van der Waals surface area contributed by atoms with Crippen LogP contribution in [0.3, 0.4) is 0 Å². The van der Waals surface area contributed by atoms with Crippen LogP contribution in [0, 0.1) is 0 Å². The molecule has 0 bridgehead atoms. The maximum atomic E-state index is 11.5. The number of urea groups is 1. The lowest BCUT2D eigenvalue weighted by molar-refractivity contribution is -0.137. The van der Waals surface area contributed by atoms with Crippen molar-refractivity contribution >= 4 is 12.0 Å². The molecule has 0 fully saturated rings. The van der Waals surface area contributed by atoms with E-state index in [4.69, 9.17) is 5.11 Å². The zero-order valence-corrected chi connectivity index (χ0v) is 10.5. The monoisotopic (exact) mass is 254 g/mol. The number of aromatic nitrogens is 2. The van der Waals surface area contributed by atoms with E-state index in [1.807, 2.05) is 6.07 Å². The second kappa shape index (κ2) is 6.63. The largest absolute Gasteiger partial charge is 0.481 e. The molecule has 100 valence electrons. The minimum atomic E-state index is -0.862. The molecule has 3 N–H and O–H groups in total. The number of carboxylic acid groups (broad SMARTS) is 1. The number of carboxylic acids is 1. The molecule has 1 aromatic rings. The molecule has 0 spiro atoms. The molecular weight excluding hydrogens is 236 g/mol. The Hall–Kier alpha value is -2.05. The van der Waals surface area contributed by atoms with E-state index in [2.05, 4.69) is 15.7 Å². The van der Waals surface area contributed by atoms with Crippen LogP contribution in [0.5, 0.6) is 0 Å². The Labute approximate surface area is 105 Å². The Morgan fingerprint density at radius 1 is 1.56 bits per heavy atom. The first-order valence-electron chi connectivity index (χ1n) is 5.72. The maximum absolute atomic E-state index is 11.5. The topological polar surface area (TPSA) is 96.2 Å². The van der Waals surface area contributed by atoms with Crippen LogP contribution in [-0.2, 0) is 18.4 Å². The molecule has 0 saturated heterocycles. The molecule has 18 heavy (non-hydrogen) atoms. The molecule has 7 nitrogen and oxygen atoms in total. The van der Waals surface area contributed by atoms with Gasteiger partial charge in [0, 0.05) is 25.7 Å². The Morgan fingerprint density at radius 2 is 2.28 bits per heavy atom. The third kappa shape index (κ3) is 4.86. The summed E-state index contributed by atoms with van der Waals surface area (Å²) in [4.78, 5) is 21.9. The molecule has 0 radical (unpaired) electrons. The summed E-state index contributed by atoms with van der Waals surface area (Å²) in [6, 6.07) is 1.33.